The van der Waals surface area contributed by atoms with Crippen molar-refractivity contribution in [1.29, 1.82) is 0 Å². The topological polar surface area (TPSA) is 6.48 Å². The highest BCUT2D eigenvalue weighted by molar-refractivity contribution is 7.17. The maximum atomic E-state index is 2.77. The molecule has 3 heterocycles. The summed E-state index contributed by atoms with van der Waals surface area (Å²) in [7, 11) is 0. The van der Waals surface area contributed by atoms with Gasteiger partial charge in [-0.2, -0.15) is 0 Å². The second-order valence-corrected chi connectivity index (χ2v) is 8.11. The van der Waals surface area contributed by atoms with Gasteiger partial charge in [0.1, 0.15) is 0 Å². The van der Waals surface area contributed by atoms with Crippen molar-refractivity contribution in [3.63, 3.8) is 0 Å². The Hall–Kier alpha value is -0.900. The molecule has 2 saturated heterocycles. The zero-order valence-corrected chi connectivity index (χ0v) is 14.9. The van der Waals surface area contributed by atoms with Crippen LogP contribution in [0.15, 0.2) is 29.6 Å². The Morgan fingerprint density at radius 2 is 1.87 bits per heavy atom. The minimum Gasteiger partial charge on any atom is -0.301 e. The second kappa shape index (κ2) is 7.33. The number of likely N-dealkylation sites (tertiary alicyclic amines) is 2. The van der Waals surface area contributed by atoms with Crippen molar-refractivity contribution in [2.75, 3.05) is 32.7 Å². The number of nitrogens with zero attached hydrogens (tertiary/aromatic N) is 2. The van der Waals surface area contributed by atoms with Gasteiger partial charge in [-0.3, -0.25) is 4.90 Å². The molecule has 0 radical (unpaired) electrons. The molecule has 2 nitrogen and oxygen atoms in total. The average Bonchev–Trinajstić information content (AvgIpc) is 3.04. The summed E-state index contributed by atoms with van der Waals surface area (Å²) in [5.41, 5.74) is 1.55. The fourth-order valence-electron chi connectivity index (χ4n) is 4.32. The third kappa shape index (κ3) is 3.62. The molecule has 2 aromatic rings. The molecule has 23 heavy (non-hydrogen) atoms. The van der Waals surface area contributed by atoms with Crippen LogP contribution in [-0.4, -0.2) is 48.6 Å². The Balaban J connectivity index is 1.35. The van der Waals surface area contributed by atoms with Gasteiger partial charge >= 0.3 is 0 Å². The maximum Gasteiger partial charge on any atom is 0.0345 e. The van der Waals surface area contributed by atoms with Crippen LogP contribution in [0.2, 0.25) is 0 Å². The van der Waals surface area contributed by atoms with E-state index in [1.54, 1.807) is 5.56 Å². The lowest BCUT2D eigenvalue weighted by Crippen LogP contribution is -2.49. The Bertz CT molecular complexity index is 629. The van der Waals surface area contributed by atoms with Crippen molar-refractivity contribution < 1.29 is 0 Å². The monoisotopic (exact) mass is 328 g/mol. The van der Waals surface area contributed by atoms with Gasteiger partial charge in [0.25, 0.3) is 0 Å². The van der Waals surface area contributed by atoms with E-state index in [2.05, 4.69) is 39.4 Å². The molecule has 1 atom stereocenters. The van der Waals surface area contributed by atoms with E-state index in [1.165, 1.54) is 81.3 Å². The first kappa shape index (κ1) is 15.6. The number of benzene rings is 1. The molecule has 124 valence electrons. The molecule has 0 saturated carbocycles. The molecule has 0 spiro atoms. The van der Waals surface area contributed by atoms with E-state index in [4.69, 9.17) is 0 Å². The van der Waals surface area contributed by atoms with E-state index in [1.807, 2.05) is 11.3 Å². The fraction of sp³-hybridized carbons (Fsp3) is 0.600. The average molecular weight is 329 g/mol. The van der Waals surface area contributed by atoms with Crippen molar-refractivity contribution in [2.45, 2.75) is 44.6 Å². The lowest BCUT2D eigenvalue weighted by Gasteiger charge is -2.41. The van der Waals surface area contributed by atoms with Crippen LogP contribution in [0, 0.1) is 0 Å². The van der Waals surface area contributed by atoms with Crippen molar-refractivity contribution in [1.82, 2.24) is 9.80 Å². The van der Waals surface area contributed by atoms with Gasteiger partial charge in [0, 0.05) is 23.8 Å². The minimum absolute atomic E-state index is 0.822. The second-order valence-electron chi connectivity index (χ2n) is 7.20. The lowest BCUT2D eigenvalue weighted by atomic mass is 10.00. The first-order valence-electron chi connectivity index (χ1n) is 9.32. The number of thiophene rings is 1. The van der Waals surface area contributed by atoms with Crippen LogP contribution in [-0.2, 0) is 6.42 Å². The minimum atomic E-state index is 0.822. The van der Waals surface area contributed by atoms with Crippen molar-refractivity contribution >= 4 is 21.4 Å². The number of fused-ring (bicyclic) bond motifs is 1. The Morgan fingerprint density at radius 3 is 2.78 bits per heavy atom. The van der Waals surface area contributed by atoms with Crippen LogP contribution in [0.3, 0.4) is 0 Å². The highest BCUT2D eigenvalue weighted by Crippen LogP contribution is 2.26. The lowest BCUT2D eigenvalue weighted by molar-refractivity contribution is 0.0833. The first-order valence-corrected chi connectivity index (χ1v) is 10.2. The molecule has 0 amide bonds. The van der Waals surface area contributed by atoms with E-state index in [0.717, 1.165) is 6.04 Å². The van der Waals surface area contributed by atoms with Gasteiger partial charge in [-0.05, 0) is 74.1 Å². The third-order valence-electron chi connectivity index (χ3n) is 5.65. The summed E-state index contributed by atoms with van der Waals surface area (Å²) in [6, 6.07) is 9.68. The molecule has 0 aliphatic carbocycles. The summed E-state index contributed by atoms with van der Waals surface area (Å²) in [5, 5.41) is 3.85. The largest absolute Gasteiger partial charge is 0.301 e. The molecule has 1 aromatic carbocycles. The van der Waals surface area contributed by atoms with Crippen LogP contribution < -0.4 is 0 Å². The molecule has 0 bridgehead atoms. The number of hydrogen-bond acceptors (Lipinski definition) is 3. The van der Waals surface area contributed by atoms with Gasteiger partial charge in [-0.1, -0.05) is 24.6 Å². The van der Waals surface area contributed by atoms with Crippen LogP contribution in [0.5, 0.6) is 0 Å². The van der Waals surface area contributed by atoms with Gasteiger partial charge in [-0.25, -0.2) is 0 Å². The molecule has 4 rings (SSSR count). The molecule has 1 unspecified atom stereocenters. The van der Waals surface area contributed by atoms with Gasteiger partial charge in [0.05, 0.1) is 0 Å². The Kier molecular flexibility index (Phi) is 4.98. The standard InChI is InChI=1S/C20H28N2S/c1-4-12-22(13-5-1)18-7-6-11-21(15-18)14-10-17-16-23-20-9-3-2-8-19(17)20/h2-3,8-9,16,18H,1,4-7,10-15H2. The van der Waals surface area contributed by atoms with Crippen LogP contribution in [0.25, 0.3) is 10.1 Å². The van der Waals surface area contributed by atoms with Crippen molar-refractivity contribution in [3.8, 4) is 0 Å². The van der Waals surface area contributed by atoms with Gasteiger partial charge in [0.2, 0.25) is 0 Å². The zero-order chi connectivity index (χ0) is 15.5. The van der Waals surface area contributed by atoms with Crippen LogP contribution in [0.4, 0.5) is 0 Å². The number of piperidine rings is 2. The summed E-state index contributed by atoms with van der Waals surface area (Å²) >= 11 is 1.90. The van der Waals surface area contributed by atoms with Crippen molar-refractivity contribution in [3.05, 3.63) is 35.2 Å². The highest BCUT2D eigenvalue weighted by atomic mass is 32.1. The molecule has 1 aromatic heterocycles. The third-order valence-corrected chi connectivity index (χ3v) is 6.66. The van der Waals surface area contributed by atoms with Gasteiger partial charge < -0.3 is 4.90 Å². The summed E-state index contributed by atoms with van der Waals surface area (Å²) in [6.45, 7) is 6.50. The first-order chi connectivity index (χ1) is 11.4. The van der Waals surface area contributed by atoms with Crippen molar-refractivity contribution in [2.24, 2.45) is 0 Å². The molecular weight excluding hydrogens is 300 g/mol. The quantitative estimate of drug-likeness (QED) is 0.821. The maximum absolute atomic E-state index is 2.77. The predicted molar refractivity (Wildman–Crippen MR) is 100 cm³/mol. The van der Waals surface area contributed by atoms with E-state index in [9.17, 15) is 0 Å². The molecule has 2 aliphatic rings. The predicted octanol–water partition coefficient (Wildman–Crippen LogP) is 4.39. The van der Waals surface area contributed by atoms with Gasteiger partial charge in [-0.15, -0.1) is 11.3 Å². The van der Waals surface area contributed by atoms with E-state index in [-0.39, 0.29) is 0 Å². The Labute approximate surface area is 144 Å². The Morgan fingerprint density at radius 1 is 1.00 bits per heavy atom. The van der Waals surface area contributed by atoms with E-state index in [0.29, 0.717) is 0 Å². The summed E-state index contributed by atoms with van der Waals surface area (Å²) in [6.07, 6.45) is 8.27. The van der Waals surface area contributed by atoms with E-state index < -0.39 is 0 Å². The van der Waals surface area contributed by atoms with E-state index >= 15 is 0 Å². The number of rotatable bonds is 4. The van der Waals surface area contributed by atoms with Gasteiger partial charge in [0.15, 0.2) is 0 Å². The summed E-state index contributed by atoms with van der Waals surface area (Å²) in [4.78, 5) is 5.49. The zero-order valence-electron chi connectivity index (χ0n) is 14.0. The molecule has 2 fully saturated rings. The summed E-state index contributed by atoms with van der Waals surface area (Å²) < 4.78 is 1.44. The van der Waals surface area contributed by atoms with Crippen LogP contribution >= 0.6 is 11.3 Å². The smallest absolute Gasteiger partial charge is 0.0345 e. The SMILES string of the molecule is c1ccc2c(CCN3CCCC(N4CCCCC4)C3)csc2c1. The molecular formula is C20H28N2S. The van der Waals surface area contributed by atoms with Crippen LogP contribution in [0.1, 0.15) is 37.7 Å². The molecule has 2 aliphatic heterocycles. The molecule has 3 heteroatoms. The summed E-state index contributed by atoms with van der Waals surface area (Å²) in [5.74, 6) is 0. The highest BCUT2D eigenvalue weighted by Gasteiger charge is 2.26. The molecule has 0 N–H and O–H groups in total. The normalized spacial score (nSPS) is 24.3. The number of hydrogen-bond donors (Lipinski definition) is 0. The fourth-order valence-corrected chi connectivity index (χ4v) is 5.32.